The molecule has 0 radical (unpaired) electrons. The normalized spacial score (nSPS) is 10.1. The first-order chi connectivity index (χ1) is 7.66. The minimum atomic E-state index is -0.323. The highest BCUT2D eigenvalue weighted by molar-refractivity contribution is 6.33. The fourth-order valence-corrected chi connectivity index (χ4v) is 1.26. The molecule has 2 aromatic heterocycles. The lowest BCUT2D eigenvalue weighted by atomic mass is 10.2. The zero-order chi connectivity index (χ0) is 11.5. The van der Waals surface area contributed by atoms with Crippen LogP contribution in [0.25, 0.3) is 0 Å². The van der Waals surface area contributed by atoms with Crippen LogP contribution in [0, 0.1) is 0 Å². The van der Waals surface area contributed by atoms with E-state index in [0.717, 1.165) is 0 Å². The number of rotatable bonds is 2. The molecule has 0 fully saturated rings. The molecule has 0 saturated heterocycles. The van der Waals surface area contributed by atoms with Crippen LogP contribution < -0.4 is 11.1 Å². The Morgan fingerprint density at radius 3 is 2.94 bits per heavy atom. The summed E-state index contributed by atoms with van der Waals surface area (Å²) < 4.78 is 0. The van der Waals surface area contributed by atoms with Gasteiger partial charge in [0.15, 0.2) is 0 Å². The van der Waals surface area contributed by atoms with Gasteiger partial charge in [0.2, 0.25) is 0 Å². The van der Waals surface area contributed by atoms with Crippen molar-refractivity contribution in [2.45, 2.75) is 0 Å². The third kappa shape index (κ3) is 2.12. The number of nitrogens with zero attached hydrogens (tertiary/aromatic N) is 2. The molecule has 0 spiro atoms. The van der Waals surface area contributed by atoms with Gasteiger partial charge < -0.3 is 11.1 Å². The fourth-order valence-electron chi connectivity index (χ4n) is 1.10. The molecule has 0 aromatic carbocycles. The minimum Gasteiger partial charge on any atom is -0.382 e. The molecule has 0 bridgehead atoms. The zero-order valence-electron chi connectivity index (χ0n) is 8.07. The molecule has 4 N–H and O–H groups in total. The highest BCUT2D eigenvalue weighted by Gasteiger charge is 2.09. The molecule has 0 saturated carbocycles. The molecule has 0 aliphatic rings. The van der Waals surface area contributed by atoms with Crippen molar-refractivity contribution >= 4 is 29.0 Å². The SMILES string of the molecule is Nc1ncc(C(=O)Nc2cn[nH]c2)cc1Cl. The van der Waals surface area contributed by atoms with Crippen LogP contribution in [-0.2, 0) is 0 Å². The second-order valence-electron chi connectivity index (χ2n) is 3.03. The number of H-pyrrole nitrogens is 1. The summed E-state index contributed by atoms with van der Waals surface area (Å²) in [5.41, 5.74) is 6.34. The van der Waals surface area contributed by atoms with E-state index < -0.39 is 0 Å². The van der Waals surface area contributed by atoms with E-state index in [4.69, 9.17) is 17.3 Å². The first kappa shape index (κ1) is 10.4. The number of hydrogen-bond acceptors (Lipinski definition) is 4. The van der Waals surface area contributed by atoms with Crippen molar-refractivity contribution < 1.29 is 4.79 Å². The van der Waals surface area contributed by atoms with Gasteiger partial charge in [0.25, 0.3) is 5.91 Å². The van der Waals surface area contributed by atoms with E-state index in [0.29, 0.717) is 11.3 Å². The van der Waals surface area contributed by atoms with Gasteiger partial charge in [-0.05, 0) is 6.07 Å². The predicted molar refractivity (Wildman–Crippen MR) is 60.2 cm³/mol. The number of aromatic nitrogens is 3. The quantitative estimate of drug-likeness (QED) is 0.733. The molecule has 0 aliphatic heterocycles. The Bertz CT molecular complexity index is 511. The molecule has 0 unspecified atom stereocenters. The number of carbonyl (C=O) groups excluding carboxylic acids is 1. The predicted octanol–water partition coefficient (Wildman–Crippen LogP) is 1.29. The molecule has 6 nitrogen and oxygen atoms in total. The zero-order valence-corrected chi connectivity index (χ0v) is 8.82. The van der Waals surface area contributed by atoms with Crippen LogP contribution in [0.1, 0.15) is 10.4 Å². The van der Waals surface area contributed by atoms with Crippen LogP contribution in [0.15, 0.2) is 24.7 Å². The van der Waals surface area contributed by atoms with Crippen molar-refractivity contribution in [2.75, 3.05) is 11.1 Å². The summed E-state index contributed by atoms with van der Waals surface area (Å²) in [5, 5.41) is 9.14. The maximum atomic E-state index is 11.7. The molecular weight excluding hydrogens is 230 g/mol. The van der Waals surface area contributed by atoms with Gasteiger partial charge in [-0.25, -0.2) is 4.98 Å². The van der Waals surface area contributed by atoms with Crippen LogP contribution in [0.5, 0.6) is 0 Å². The summed E-state index contributed by atoms with van der Waals surface area (Å²) in [7, 11) is 0. The van der Waals surface area contributed by atoms with Gasteiger partial charge in [0.05, 0.1) is 22.5 Å². The largest absolute Gasteiger partial charge is 0.382 e. The smallest absolute Gasteiger partial charge is 0.257 e. The molecule has 7 heteroatoms. The number of nitrogens with one attached hydrogen (secondary N) is 2. The molecule has 2 aromatic rings. The topological polar surface area (TPSA) is 96.7 Å². The fraction of sp³-hybridized carbons (Fsp3) is 0. The van der Waals surface area contributed by atoms with Gasteiger partial charge in [-0.2, -0.15) is 5.10 Å². The Labute approximate surface area is 95.8 Å². The number of nitrogens with two attached hydrogens (primary N) is 1. The number of pyridine rings is 1. The maximum absolute atomic E-state index is 11.7. The molecule has 2 heterocycles. The summed E-state index contributed by atoms with van der Waals surface area (Å²) in [5.74, 6) is -0.127. The van der Waals surface area contributed by atoms with E-state index in [-0.39, 0.29) is 16.7 Å². The van der Waals surface area contributed by atoms with Gasteiger partial charge in [0.1, 0.15) is 5.82 Å². The van der Waals surface area contributed by atoms with Gasteiger partial charge in [0, 0.05) is 12.4 Å². The van der Waals surface area contributed by atoms with Crippen LogP contribution in [0.2, 0.25) is 5.02 Å². The maximum Gasteiger partial charge on any atom is 0.257 e. The van der Waals surface area contributed by atoms with E-state index in [1.807, 2.05) is 0 Å². The number of carbonyl (C=O) groups is 1. The standard InChI is InChI=1S/C9H8ClN5O/c10-7-1-5(2-12-8(7)11)9(16)15-6-3-13-14-4-6/h1-4H,(H2,11,12)(H,13,14)(H,15,16). The summed E-state index contributed by atoms with van der Waals surface area (Å²) in [6, 6.07) is 1.46. The van der Waals surface area contributed by atoms with Crippen LogP contribution in [0.3, 0.4) is 0 Å². The van der Waals surface area contributed by atoms with E-state index in [2.05, 4.69) is 20.5 Å². The molecule has 82 valence electrons. The first-order valence-corrected chi connectivity index (χ1v) is 4.76. The van der Waals surface area contributed by atoms with Crippen molar-refractivity contribution in [1.29, 1.82) is 0 Å². The van der Waals surface area contributed by atoms with E-state index in [1.165, 1.54) is 18.5 Å². The monoisotopic (exact) mass is 237 g/mol. The highest BCUT2D eigenvalue weighted by atomic mass is 35.5. The molecule has 1 amide bonds. The van der Waals surface area contributed by atoms with Crippen LogP contribution >= 0.6 is 11.6 Å². The second kappa shape index (κ2) is 4.19. The molecule has 16 heavy (non-hydrogen) atoms. The van der Waals surface area contributed by atoms with E-state index in [1.54, 1.807) is 6.20 Å². The van der Waals surface area contributed by atoms with Crippen molar-refractivity contribution in [3.63, 3.8) is 0 Å². The Morgan fingerprint density at radius 1 is 1.50 bits per heavy atom. The van der Waals surface area contributed by atoms with Crippen LogP contribution in [0.4, 0.5) is 11.5 Å². The Hall–Kier alpha value is -2.08. The summed E-state index contributed by atoms with van der Waals surface area (Å²) >= 11 is 5.75. The molecular formula is C9H8ClN5O. The number of halogens is 1. The van der Waals surface area contributed by atoms with Crippen molar-refractivity contribution in [3.05, 3.63) is 35.2 Å². The average molecular weight is 238 g/mol. The Balaban J connectivity index is 2.18. The Kier molecular flexibility index (Phi) is 2.74. The van der Waals surface area contributed by atoms with Crippen molar-refractivity contribution in [1.82, 2.24) is 15.2 Å². The number of aromatic amines is 1. The molecule has 0 atom stereocenters. The third-order valence-electron chi connectivity index (χ3n) is 1.89. The molecule has 2 rings (SSSR count). The van der Waals surface area contributed by atoms with Crippen LogP contribution in [-0.4, -0.2) is 21.1 Å². The number of amides is 1. The molecule has 0 aliphatic carbocycles. The first-order valence-electron chi connectivity index (χ1n) is 4.38. The van der Waals surface area contributed by atoms with Gasteiger partial charge in [-0.3, -0.25) is 9.89 Å². The number of hydrogen-bond donors (Lipinski definition) is 3. The van der Waals surface area contributed by atoms with E-state index >= 15 is 0 Å². The highest BCUT2D eigenvalue weighted by Crippen LogP contribution is 2.17. The van der Waals surface area contributed by atoms with Gasteiger partial charge in [-0.15, -0.1) is 0 Å². The van der Waals surface area contributed by atoms with Gasteiger partial charge in [-0.1, -0.05) is 11.6 Å². The van der Waals surface area contributed by atoms with E-state index in [9.17, 15) is 4.79 Å². The second-order valence-corrected chi connectivity index (χ2v) is 3.44. The van der Waals surface area contributed by atoms with Crippen molar-refractivity contribution in [3.8, 4) is 0 Å². The summed E-state index contributed by atoms with van der Waals surface area (Å²) in [4.78, 5) is 15.5. The van der Waals surface area contributed by atoms with Crippen molar-refractivity contribution in [2.24, 2.45) is 0 Å². The lowest BCUT2D eigenvalue weighted by Crippen LogP contribution is -2.12. The summed E-state index contributed by atoms with van der Waals surface area (Å²) in [6.45, 7) is 0. The average Bonchev–Trinajstić information content (AvgIpc) is 2.74. The Morgan fingerprint density at radius 2 is 2.31 bits per heavy atom. The lowest BCUT2D eigenvalue weighted by Gasteiger charge is -2.03. The summed E-state index contributed by atoms with van der Waals surface area (Å²) in [6.07, 6.45) is 4.41. The minimum absolute atomic E-state index is 0.196. The van der Waals surface area contributed by atoms with Gasteiger partial charge >= 0.3 is 0 Å². The lowest BCUT2D eigenvalue weighted by molar-refractivity contribution is 0.102. The third-order valence-corrected chi connectivity index (χ3v) is 2.19. The number of anilines is 2. The number of nitrogen functional groups attached to an aromatic ring is 1.